The first-order valence-corrected chi connectivity index (χ1v) is 8.66. The highest BCUT2D eigenvalue weighted by Crippen LogP contribution is 2.31. The molecule has 1 heterocycles. The molecular formula is C18H14N2O3S2. The van der Waals surface area contributed by atoms with E-state index in [1.165, 1.54) is 0 Å². The van der Waals surface area contributed by atoms with Gasteiger partial charge < -0.3 is 5.11 Å². The SMILES string of the molecule is O=C(Cc1ccccc1)NN1C(=O)C(=Cc2cccc(O)c2)SC1=S. The fraction of sp³-hybridized carbons (Fsp3) is 0.0556. The summed E-state index contributed by atoms with van der Waals surface area (Å²) in [6.45, 7) is 0. The lowest BCUT2D eigenvalue weighted by molar-refractivity contribution is -0.132. The predicted molar refractivity (Wildman–Crippen MR) is 101 cm³/mol. The summed E-state index contributed by atoms with van der Waals surface area (Å²) >= 11 is 6.29. The van der Waals surface area contributed by atoms with Gasteiger partial charge >= 0.3 is 0 Å². The standard InChI is InChI=1S/C18H14N2O3S2/c21-14-8-4-7-13(9-14)10-15-17(23)20(18(24)25-15)19-16(22)11-12-5-2-1-3-6-12/h1-10,21H,11H2,(H,19,22). The van der Waals surface area contributed by atoms with Crippen LogP contribution in [0.25, 0.3) is 6.08 Å². The van der Waals surface area contributed by atoms with E-state index >= 15 is 0 Å². The Kier molecular flexibility index (Phi) is 5.16. The molecule has 0 atom stereocenters. The molecule has 0 unspecified atom stereocenters. The van der Waals surface area contributed by atoms with Gasteiger partial charge in [-0.3, -0.25) is 15.0 Å². The first-order chi connectivity index (χ1) is 12.0. The highest BCUT2D eigenvalue weighted by atomic mass is 32.2. The molecule has 0 saturated carbocycles. The molecule has 2 N–H and O–H groups in total. The molecule has 0 aliphatic carbocycles. The van der Waals surface area contributed by atoms with Crippen LogP contribution in [0.2, 0.25) is 0 Å². The minimum absolute atomic E-state index is 0.111. The maximum absolute atomic E-state index is 12.5. The molecule has 5 nitrogen and oxygen atoms in total. The van der Waals surface area contributed by atoms with Crippen LogP contribution in [0, 0.1) is 0 Å². The molecule has 2 aromatic carbocycles. The fourth-order valence-electron chi connectivity index (χ4n) is 2.28. The summed E-state index contributed by atoms with van der Waals surface area (Å²) in [7, 11) is 0. The van der Waals surface area contributed by atoms with Gasteiger partial charge in [0.25, 0.3) is 5.91 Å². The van der Waals surface area contributed by atoms with E-state index in [9.17, 15) is 14.7 Å². The number of nitrogens with zero attached hydrogens (tertiary/aromatic N) is 1. The molecule has 1 saturated heterocycles. The third-order valence-corrected chi connectivity index (χ3v) is 4.71. The molecule has 0 aromatic heterocycles. The van der Waals surface area contributed by atoms with Gasteiger partial charge in [0, 0.05) is 0 Å². The highest BCUT2D eigenvalue weighted by Gasteiger charge is 2.33. The number of carbonyl (C=O) groups excluding carboxylic acids is 2. The van der Waals surface area contributed by atoms with Crippen LogP contribution in [0.5, 0.6) is 5.75 Å². The normalized spacial score (nSPS) is 15.7. The minimum Gasteiger partial charge on any atom is -0.508 e. The Balaban J connectivity index is 1.70. The molecular weight excluding hydrogens is 356 g/mol. The average molecular weight is 370 g/mol. The van der Waals surface area contributed by atoms with E-state index in [4.69, 9.17) is 12.2 Å². The first kappa shape index (κ1) is 17.2. The summed E-state index contributed by atoms with van der Waals surface area (Å²) in [6.07, 6.45) is 1.78. The number of aromatic hydroxyl groups is 1. The zero-order chi connectivity index (χ0) is 17.8. The third-order valence-electron chi connectivity index (χ3n) is 3.41. The van der Waals surface area contributed by atoms with Gasteiger partial charge in [-0.15, -0.1) is 0 Å². The number of nitrogens with one attached hydrogen (secondary N) is 1. The zero-order valence-electron chi connectivity index (χ0n) is 13.0. The Hall–Kier alpha value is -2.64. The van der Waals surface area contributed by atoms with Crippen LogP contribution < -0.4 is 5.43 Å². The molecule has 2 aromatic rings. The Morgan fingerprint density at radius 2 is 1.96 bits per heavy atom. The van der Waals surface area contributed by atoms with Gasteiger partial charge in [0.05, 0.1) is 11.3 Å². The van der Waals surface area contributed by atoms with Crippen LogP contribution in [-0.2, 0) is 16.0 Å². The lowest BCUT2D eigenvalue weighted by Gasteiger charge is -2.15. The summed E-state index contributed by atoms with van der Waals surface area (Å²) in [5.74, 6) is -0.596. The number of thioether (sulfide) groups is 1. The van der Waals surface area contributed by atoms with E-state index in [-0.39, 0.29) is 28.3 Å². The number of phenolic OH excluding ortho intramolecular Hbond substituents is 1. The van der Waals surface area contributed by atoms with Crippen LogP contribution in [0.3, 0.4) is 0 Å². The molecule has 1 aliphatic rings. The van der Waals surface area contributed by atoms with Crippen molar-refractivity contribution in [3.05, 3.63) is 70.6 Å². The van der Waals surface area contributed by atoms with Gasteiger partial charge in [0.15, 0.2) is 4.32 Å². The van der Waals surface area contributed by atoms with Gasteiger partial charge in [0.2, 0.25) is 5.91 Å². The molecule has 7 heteroatoms. The number of thiocarbonyl (C=S) groups is 1. The molecule has 3 rings (SSSR count). The number of amides is 2. The van der Waals surface area contributed by atoms with Crippen LogP contribution >= 0.6 is 24.0 Å². The lowest BCUT2D eigenvalue weighted by atomic mass is 10.1. The van der Waals surface area contributed by atoms with Gasteiger partial charge in [-0.25, -0.2) is 0 Å². The van der Waals surface area contributed by atoms with Gasteiger partial charge in [0.1, 0.15) is 5.75 Å². The average Bonchev–Trinajstić information content (AvgIpc) is 2.83. The third kappa shape index (κ3) is 4.26. The van der Waals surface area contributed by atoms with Crippen LogP contribution in [0.15, 0.2) is 59.5 Å². The molecule has 0 radical (unpaired) electrons. The second kappa shape index (κ2) is 7.50. The van der Waals surface area contributed by atoms with Crippen molar-refractivity contribution in [3.8, 4) is 5.75 Å². The number of hydrazine groups is 1. The number of hydrogen-bond acceptors (Lipinski definition) is 5. The topological polar surface area (TPSA) is 69.6 Å². The second-order valence-corrected chi connectivity index (χ2v) is 6.99. The highest BCUT2D eigenvalue weighted by molar-refractivity contribution is 8.26. The Morgan fingerprint density at radius 3 is 2.68 bits per heavy atom. The van der Waals surface area contributed by atoms with E-state index in [0.29, 0.717) is 10.5 Å². The van der Waals surface area contributed by atoms with Crippen molar-refractivity contribution in [2.75, 3.05) is 0 Å². The van der Waals surface area contributed by atoms with Crippen molar-refractivity contribution in [2.24, 2.45) is 0 Å². The number of hydrogen-bond donors (Lipinski definition) is 2. The first-order valence-electron chi connectivity index (χ1n) is 7.43. The lowest BCUT2D eigenvalue weighted by Crippen LogP contribution is -2.45. The number of benzene rings is 2. The van der Waals surface area contributed by atoms with Gasteiger partial charge in [-0.05, 0) is 41.6 Å². The van der Waals surface area contributed by atoms with Gasteiger partial charge in [-0.2, -0.15) is 5.01 Å². The minimum atomic E-state index is -0.389. The summed E-state index contributed by atoms with van der Waals surface area (Å²) in [4.78, 5) is 25.0. The molecule has 25 heavy (non-hydrogen) atoms. The van der Waals surface area contributed by atoms with Crippen molar-refractivity contribution in [1.29, 1.82) is 0 Å². The van der Waals surface area contributed by atoms with E-state index in [1.54, 1.807) is 30.3 Å². The van der Waals surface area contributed by atoms with Crippen molar-refractivity contribution >= 4 is 46.2 Å². The Morgan fingerprint density at radius 1 is 1.20 bits per heavy atom. The molecule has 2 amide bonds. The zero-order valence-corrected chi connectivity index (χ0v) is 14.6. The number of carbonyl (C=O) groups is 2. The van der Waals surface area contributed by atoms with Crippen molar-refractivity contribution in [3.63, 3.8) is 0 Å². The summed E-state index contributed by atoms with van der Waals surface area (Å²) in [5.41, 5.74) is 4.07. The molecule has 1 fully saturated rings. The molecule has 1 aliphatic heterocycles. The number of rotatable bonds is 4. The van der Waals surface area contributed by atoms with E-state index in [1.807, 2.05) is 30.3 Å². The smallest absolute Gasteiger partial charge is 0.285 e. The molecule has 0 spiro atoms. The molecule has 0 bridgehead atoms. The molecule has 126 valence electrons. The Bertz CT molecular complexity index is 866. The van der Waals surface area contributed by atoms with Gasteiger partial charge in [-0.1, -0.05) is 54.2 Å². The van der Waals surface area contributed by atoms with Crippen LogP contribution in [0.4, 0.5) is 0 Å². The van der Waals surface area contributed by atoms with E-state index in [0.717, 1.165) is 22.3 Å². The largest absolute Gasteiger partial charge is 0.508 e. The van der Waals surface area contributed by atoms with E-state index < -0.39 is 0 Å². The van der Waals surface area contributed by atoms with Crippen molar-refractivity contribution in [2.45, 2.75) is 6.42 Å². The van der Waals surface area contributed by atoms with Crippen molar-refractivity contribution in [1.82, 2.24) is 10.4 Å². The predicted octanol–water partition coefficient (Wildman–Crippen LogP) is 2.87. The van der Waals surface area contributed by atoms with E-state index in [2.05, 4.69) is 5.43 Å². The number of phenols is 1. The second-order valence-electron chi connectivity index (χ2n) is 5.31. The summed E-state index contributed by atoms with van der Waals surface area (Å²) in [5, 5.41) is 10.6. The summed E-state index contributed by atoms with van der Waals surface area (Å²) < 4.78 is 0.262. The summed E-state index contributed by atoms with van der Waals surface area (Å²) in [6, 6.07) is 15.8. The Labute approximate surface area is 154 Å². The maximum atomic E-state index is 12.5. The van der Waals surface area contributed by atoms with Crippen molar-refractivity contribution < 1.29 is 14.7 Å². The quantitative estimate of drug-likeness (QED) is 0.640. The monoisotopic (exact) mass is 370 g/mol. The maximum Gasteiger partial charge on any atom is 0.285 e. The fourth-order valence-corrected chi connectivity index (χ4v) is 3.45. The van der Waals surface area contributed by atoms with Crippen LogP contribution in [0.1, 0.15) is 11.1 Å². The van der Waals surface area contributed by atoms with Crippen LogP contribution in [-0.4, -0.2) is 26.3 Å².